The minimum Gasteiger partial charge on any atom is -0.465 e. The lowest BCUT2D eigenvalue weighted by atomic mass is 10.1. The highest BCUT2D eigenvalue weighted by molar-refractivity contribution is 9.10. The Morgan fingerprint density at radius 3 is 2.94 bits per heavy atom. The summed E-state index contributed by atoms with van der Waals surface area (Å²) in [6, 6.07) is 1.11. The number of hydrogen-bond acceptors (Lipinski definition) is 6. The van der Waals surface area contributed by atoms with Gasteiger partial charge in [0.15, 0.2) is 5.92 Å². The number of aldehydes is 1. The SMILES string of the molecule is [3H]C(=O)C(C(=O)OCC)c1ncc([N+](=O)[O-])cc1Br. The number of esters is 1. The molecule has 1 aromatic rings. The predicted octanol–water partition coefficient (Wildman–Crippen LogP) is 1.60. The molecule has 0 aliphatic rings. The highest BCUT2D eigenvalue weighted by atomic mass is 79.9. The van der Waals surface area contributed by atoms with Gasteiger partial charge in [-0.15, -0.1) is 0 Å². The molecule has 0 aliphatic heterocycles. The zero-order valence-electron chi connectivity index (χ0n) is 10.3. The molecule has 0 aliphatic carbocycles. The van der Waals surface area contributed by atoms with E-state index in [2.05, 4.69) is 25.7 Å². The van der Waals surface area contributed by atoms with Gasteiger partial charge in [0.25, 0.3) is 5.69 Å². The van der Waals surface area contributed by atoms with Crippen LogP contribution in [0, 0.1) is 10.1 Å². The van der Waals surface area contributed by atoms with Crippen molar-refractivity contribution in [2.24, 2.45) is 0 Å². The summed E-state index contributed by atoms with van der Waals surface area (Å²) in [7, 11) is 0. The Balaban J connectivity index is 3.21. The molecule has 1 unspecified atom stereocenters. The normalized spacial score (nSPS) is 12.4. The standard InChI is InChI=1S/C10H9BrN2O5/c1-2-18-10(15)7(5-14)9-8(11)3-6(4-12-9)13(16)17/h3-5,7H,2H2,1H3/i5T. The number of carbonyl (C=O) groups is 2. The summed E-state index contributed by atoms with van der Waals surface area (Å²) in [5.74, 6) is -2.43. The zero-order chi connectivity index (χ0) is 14.6. The van der Waals surface area contributed by atoms with Gasteiger partial charge in [0, 0.05) is 10.5 Å². The van der Waals surface area contributed by atoms with E-state index in [1.807, 2.05) is 0 Å². The third-order valence-electron chi connectivity index (χ3n) is 1.98. The van der Waals surface area contributed by atoms with E-state index in [1.165, 1.54) is 0 Å². The Morgan fingerprint density at radius 2 is 2.50 bits per heavy atom. The second-order valence-electron chi connectivity index (χ2n) is 3.12. The van der Waals surface area contributed by atoms with Gasteiger partial charge in [-0.2, -0.15) is 0 Å². The highest BCUT2D eigenvalue weighted by Gasteiger charge is 2.26. The molecule has 8 heteroatoms. The van der Waals surface area contributed by atoms with Crippen molar-refractivity contribution >= 4 is 33.8 Å². The number of halogens is 1. The van der Waals surface area contributed by atoms with Crippen LogP contribution in [0.5, 0.6) is 0 Å². The molecule has 1 heterocycles. The molecule has 0 N–H and O–H groups in total. The first kappa shape index (κ1) is 12.6. The molecule has 18 heavy (non-hydrogen) atoms. The van der Waals surface area contributed by atoms with E-state index in [1.54, 1.807) is 6.92 Å². The van der Waals surface area contributed by atoms with Gasteiger partial charge in [0.2, 0.25) is 0 Å². The van der Waals surface area contributed by atoms with Crippen LogP contribution in [0.4, 0.5) is 5.69 Å². The Labute approximate surface area is 112 Å². The van der Waals surface area contributed by atoms with Crippen molar-refractivity contribution in [1.29, 1.82) is 0 Å². The number of nitro groups is 1. The van der Waals surface area contributed by atoms with Crippen LogP contribution in [0.3, 0.4) is 0 Å². The molecule has 0 spiro atoms. The lowest BCUT2D eigenvalue weighted by molar-refractivity contribution is -0.385. The Bertz CT molecular complexity index is 537. The average molecular weight is 319 g/mol. The molecule has 0 saturated carbocycles. The monoisotopic (exact) mass is 318 g/mol. The third-order valence-corrected chi connectivity index (χ3v) is 2.61. The van der Waals surface area contributed by atoms with Gasteiger partial charge in [-0.25, -0.2) is 0 Å². The highest BCUT2D eigenvalue weighted by Crippen LogP contribution is 2.26. The lowest BCUT2D eigenvalue weighted by Gasteiger charge is -2.10. The number of pyridine rings is 1. The van der Waals surface area contributed by atoms with Crippen molar-refractivity contribution in [2.45, 2.75) is 12.8 Å². The second-order valence-corrected chi connectivity index (χ2v) is 3.97. The van der Waals surface area contributed by atoms with Crippen LogP contribution in [0.15, 0.2) is 16.7 Å². The van der Waals surface area contributed by atoms with Crippen molar-refractivity contribution in [3.63, 3.8) is 0 Å². The van der Waals surface area contributed by atoms with E-state index >= 15 is 0 Å². The van der Waals surface area contributed by atoms with Gasteiger partial charge in [0.1, 0.15) is 13.8 Å². The second kappa shape index (κ2) is 6.20. The number of hydrogen-bond donors (Lipinski definition) is 0. The van der Waals surface area contributed by atoms with Crippen molar-refractivity contribution < 1.29 is 20.6 Å². The summed E-state index contributed by atoms with van der Waals surface area (Å²) >= 11 is 2.99. The van der Waals surface area contributed by atoms with Crippen molar-refractivity contribution in [1.82, 2.24) is 4.98 Å². The predicted molar refractivity (Wildman–Crippen MR) is 64.0 cm³/mol. The van der Waals surface area contributed by atoms with Crippen molar-refractivity contribution in [3.8, 4) is 0 Å². The van der Waals surface area contributed by atoms with E-state index in [4.69, 9.17) is 1.37 Å². The number of ether oxygens (including phenoxy) is 1. The first-order valence-corrected chi connectivity index (χ1v) is 5.64. The maximum Gasteiger partial charge on any atom is 0.322 e. The quantitative estimate of drug-likeness (QED) is 0.269. The van der Waals surface area contributed by atoms with Crippen LogP contribution >= 0.6 is 15.9 Å². The fourth-order valence-corrected chi connectivity index (χ4v) is 1.76. The first-order chi connectivity index (χ1) is 8.88. The summed E-state index contributed by atoms with van der Waals surface area (Å²) in [5, 5.41) is 10.6. The Kier molecular flexibility index (Phi) is 4.35. The van der Waals surface area contributed by atoms with Crippen LogP contribution < -0.4 is 0 Å². The smallest absolute Gasteiger partial charge is 0.322 e. The Morgan fingerprint density at radius 1 is 1.83 bits per heavy atom. The van der Waals surface area contributed by atoms with E-state index in [-0.39, 0.29) is 22.5 Å². The fraction of sp³-hybridized carbons (Fsp3) is 0.300. The molecular weight excluding hydrogens is 308 g/mol. The van der Waals surface area contributed by atoms with E-state index in [0.717, 1.165) is 12.3 Å². The molecule has 1 rings (SSSR count). The maximum absolute atomic E-state index is 11.6. The third kappa shape index (κ3) is 3.10. The van der Waals surface area contributed by atoms with Gasteiger partial charge in [0.05, 0.1) is 17.2 Å². The summed E-state index contributed by atoms with van der Waals surface area (Å²) in [6.07, 6.45) is -0.282. The molecule has 0 bridgehead atoms. The van der Waals surface area contributed by atoms with Gasteiger partial charge in [-0.05, 0) is 22.9 Å². The average Bonchev–Trinajstić information content (AvgIpc) is 2.31. The Hall–Kier alpha value is -1.83. The van der Waals surface area contributed by atoms with Crippen molar-refractivity contribution in [2.75, 3.05) is 6.61 Å². The van der Waals surface area contributed by atoms with Crippen LogP contribution in [0.2, 0.25) is 0 Å². The summed E-state index contributed by atoms with van der Waals surface area (Å²) in [4.78, 5) is 36.4. The molecule has 0 saturated heterocycles. The molecule has 0 amide bonds. The van der Waals surface area contributed by atoms with Gasteiger partial charge in [-0.3, -0.25) is 19.9 Å². The molecule has 96 valence electrons. The lowest BCUT2D eigenvalue weighted by Crippen LogP contribution is -2.19. The zero-order valence-corrected chi connectivity index (χ0v) is 10.8. The van der Waals surface area contributed by atoms with Crippen LogP contribution in [-0.2, 0) is 14.3 Å². The molecule has 0 fully saturated rings. The maximum atomic E-state index is 11.6. The minimum absolute atomic E-state index is 0.0488. The van der Waals surface area contributed by atoms with E-state index < -0.39 is 23.1 Å². The van der Waals surface area contributed by atoms with E-state index in [0.29, 0.717) is 0 Å². The number of nitrogens with zero attached hydrogens (tertiary/aromatic N) is 2. The number of carbonyl (C=O) groups excluding carboxylic acids is 2. The largest absolute Gasteiger partial charge is 0.465 e. The summed E-state index contributed by atoms with van der Waals surface area (Å²) < 4.78 is 11.9. The van der Waals surface area contributed by atoms with E-state index in [9.17, 15) is 19.7 Å². The van der Waals surface area contributed by atoms with Gasteiger partial charge >= 0.3 is 5.97 Å². The van der Waals surface area contributed by atoms with Gasteiger partial charge < -0.3 is 9.53 Å². The number of rotatable bonds is 5. The number of aromatic nitrogens is 1. The topological polar surface area (TPSA) is 99.4 Å². The molecule has 0 radical (unpaired) electrons. The van der Waals surface area contributed by atoms with Crippen LogP contribution in [0.1, 0.15) is 19.9 Å². The molecule has 0 aromatic carbocycles. The summed E-state index contributed by atoms with van der Waals surface area (Å²) in [6.45, 7) is 1.61. The molecular formula is C10H9BrN2O5. The van der Waals surface area contributed by atoms with Gasteiger partial charge in [-0.1, -0.05) is 0 Å². The molecule has 7 nitrogen and oxygen atoms in total. The fourth-order valence-electron chi connectivity index (χ4n) is 1.19. The van der Waals surface area contributed by atoms with Crippen LogP contribution in [0.25, 0.3) is 0 Å². The molecule has 1 aromatic heterocycles. The van der Waals surface area contributed by atoms with Crippen LogP contribution in [-0.4, -0.2) is 28.7 Å². The minimum atomic E-state index is -1.52. The molecule has 1 atom stereocenters. The summed E-state index contributed by atoms with van der Waals surface area (Å²) in [5.41, 5.74) is -0.375. The van der Waals surface area contributed by atoms with Crippen molar-refractivity contribution in [3.05, 3.63) is 32.5 Å². The first-order valence-electron chi connectivity index (χ1n) is 5.35.